The maximum absolute atomic E-state index is 11.9. The van der Waals surface area contributed by atoms with Gasteiger partial charge in [0.2, 0.25) is 15.9 Å². The molecule has 2 saturated heterocycles. The Bertz CT molecular complexity index is 1110. The Labute approximate surface area is 201 Å². The molecule has 186 valence electrons. The summed E-state index contributed by atoms with van der Waals surface area (Å²) in [4.78, 5) is 14.3. The van der Waals surface area contributed by atoms with Gasteiger partial charge in [0.25, 0.3) is 0 Å². The first kappa shape index (κ1) is 23.8. The van der Waals surface area contributed by atoms with E-state index in [2.05, 4.69) is 9.97 Å². The number of rotatable bonds is 6. The minimum Gasteiger partial charge on any atom is -0.474 e. The lowest BCUT2D eigenvalue weighted by Crippen LogP contribution is -2.27. The van der Waals surface area contributed by atoms with Crippen molar-refractivity contribution in [2.24, 2.45) is 5.92 Å². The Hall–Kier alpha value is -1.88. The van der Waals surface area contributed by atoms with E-state index in [4.69, 9.17) is 14.5 Å². The van der Waals surface area contributed by atoms with Gasteiger partial charge in [-0.15, -0.1) is 0 Å². The van der Waals surface area contributed by atoms with Crippen molar-refractivity contribution >= 4 is 20.9 Å². The maximum atomic E-state index is 11.9. The predicted octanol–water partition coefficient (Wildman–Crippen LogP) is 2.43. The molecular formula is C24H34N4O5S. The van der Waals surface area contributed by atoms with Gasteiger partial charge in [-0.05, 0) is 43.9 Å². The van der Waals surface area contributed by atoms with Gasteiger partial charge in [-0.3, -0.25) is 0 Å². The molecule has 1 atom stereocenters. The fraction of sp³-hybridized carbons (Fsp3) is 0.708. The van der Waals surface area contributed by atoms with E-state index in [-0.39, 0.29) is 18.1 Å². The lowest BCUT2D eigenvalue weighted by Gasteiger charge is -2.27. The Morgan fingerprint density at radius 3 is 2.56 bits per heavy atom. The Morgan fingerprint density at radius 1 is 1.09 bits per heavy atom. The van der Waals surface area contributed by atoms with Crippen LogP contribution in [0.1, 0.15) is 62.3 Å². The molecule has 0 unspecified atom stereocenters. The largest absolute Gasteiger partial charge is 0.474 e. The summed E-state index contributed by atoms with van der Waals surface area (Å²) >= 11 is 0. The molecule has 1 N–H and O–H groups in total. The van der Waals surface area contributed by atoms with E-state index in [0.717, 1.165) is 67.2 Å². The van der Waals surface area contributed by atoms with E-state index in [0.29, 0.717) is 44.5 Å². The van der Waals surface area contributed by atoms with Crippen LogP contribution in [0.15, 0.2) is 12.4 Å². The number of hydrogen-bond donors (Lipinski definition) is 1. The second kappa shape index (κ2) is 10.0. The third-order valence-corrected chi connectivity index (χ3v) is 8.71. The first-order valence-electron chi connectivity index (χ1n) is 12.4. The van der Waals surface area contributed by atoms with Gasteiger partial charge < -0.3 is 14.6 Å². The van der Waals surface area contributed by atoms with Crippen molar-refractivity contribution in [3.8, 4) is 5.88 Å². The summed E-state index contributed by atoms with van der Waals surface area (Å²) in [5.41, 5.74) is 1.97. The first-order chi connectivity index (χ1) is 16.4. The molecule has 1 aliphatic carbocycles. The summed E-state index contributed by atoms with van der Waals surface area (Å²) in [5, 5.41) is 10.8. The summed E-state index contributed by atoms with van der Waals surface area (Å²) in [6, 6.07) is 0. The minimum absolute atomic E-state index is 0.0697. The molecule has 4 heterocycles. The van der Waals surface area contributed by atoms with E-state index in [1.54, 1.807) is 4.31 Å². The molecule has 9 nitrogen and oxygen atoms in total. The SMILES string of the molecule is CS(=O)(=O)N1CC[C@H](Cc2ncc3c(OC4CCOCC4)ncc(C4CCC(O)CC4)c3n2)C1. The molecule has 0 aromatic carbocycles. The van der Waals surface area contributed by atoms with Gasteiger partial charge in [0.1, 0.15) is 11.9 Å². The molecule has 5 rings (SSSR count). The van der Waals surface area contributed by atoms with Gasteiger partial charge in [0, 0.05) is 50.3 Å². The summed E-state index contributed by atoms with van der Waals surface area (Å²) in [5.74, 6) is 1.80. The summed E-state index contributed by atoms with van der Waals surface area (Å²) in [6.45, 7) is 2.46. The third-order valence-electron chi connectivity index (χ3n) is 7.44. The van der Waals surface area contributed by atoms with Crippen LogP contribution in [0.5, 0.6) is 5.88 Å². The van der Waals surface area contributed by atoms with Crippen LogP contribution >= 0.6 is 0 Å². The number of sulfonamides is 1. The number of ether oxygens (including phenoxy) is 2. The van der Waals surface area contributed by atoms with E-state index in [1.807, 2.05) is 12.4 Å². The van der Waals surface area contributed by atoms with Crippen molar-refractivity contribution in [3.05, 3.63) is 23.8 Å². The molecule has 0 radical (unpaired) electrons. The molecule has 2 aromatic rings. The van der Waals surface area contributed by atoms with Gasteiger partial charge in [-0.1, -0.05) is 0 Å². The van der Waals surface area contributed by atoms with Crippen LogP contribution in [0.2, 0.25) is 0 Å². The fourth-order valence-corrected chi connectivity index (χ4v) is 6.33. The van der Waals surface area contributed by atoms with Gasteiger partial charge in [0.05, 0.1) is 36.5 Å². The van der Waals surface area contributed by atoms with E-state index < -0.39 is 10.0 Å². The fourth-order valence-electron chi connectivity index (χ4n) is 5.41. The molecule has 1 saturated carbocycles. The van der Waals surface area contributed by atoms with E-state index in [9.17, 15) is 13.5 Å². The summed E-state index contributed by atoms with van der Waals surface area (Å²) < 4.78 is 37.1. The van der Waals surface area contributed by atoms with Crippen LogP contribution in [-0.2, 0) is 21.2 Å². The molecule has 2 aliphatic heterocycles. The molecule has 0 amide bonds. The molecule has 3 fully saturated rings. The number of nitrogens with zero attached hydrogens (tertiary/aromatic N) is 4. The highest BCUT2D eigenvalue weighted by Crippen LogP contribution is 2.38. The van der Waals surface area contributed by atoms with Crippen molar-refractivity contribution in [2.75, 3.05) is 32.6 Å². The highest BCUT2D eigenvalue weighted by atomic mass is 32.2. The summed E-state index contributed by atoms with van der Waals surface area (Å²) in [7, 11) is -3.17. The smallest absolute Gasteiger partial charge is 0.224 e. The quantitative estimate of drug-likeness (QED) is 0.657. The zero-order valence-corrected chi connectivity index (χ0v) is 20.5. The van der Waals surface area contributed by atoms with Gasteiger partial charge in [0.15, 0.2) is 0 Å². The summed E-state index contributed by atoms with van der Waals surface area (Å²) in [6.07, 6.45) is 11.3. The van der Waals surface area contributed by atoms with Crippen LogP contribution in [0.4, 0.5) is 0 Å². The monoisotopic (exact) mass is 490 g/mol. The zero-order valence-electron chi connectivity index (χ0n) is 19.7. The van der Waals surface area contributed by atoms with E-state index in [1.165, 1.54) is 6.26 Å². The molecule has 10 heteroatoms. The molecule has 0 spiro atoms. The van der Waals surface area contributed by atoms with Crippen molar-refractivity contribution in [3.63, 3.8) is 0 Å². The minimum atomic E-state index is -3.17. The molecular weight excluding hydrogens is 456 g/mol. The van der Waals surface area contributed by atoms with Crippen molar-refractivity contribution in [1.82, 2.24) is 19.3 Å². The third kappa shape index (κ3) is 5.35. The highest BCUT2D eigenvalue weighted by molar-refractivity contribution is 7.88. The van der Waals surface area contributed by atoms with Crippen LogP contribution in [0, 0.1) is 5.92 Å². The molecule has 34 heavy (non-hydrogen) atoms. The molecule has 2 aromatic heterocycles. The standard InChI is InChI=1S/C24H34N4O5S/c1-34(30,31)28-9-6-16(15-28)12-22-25-14-21-23(27-22)20(17-2-4-18(29)5-3-17)13-26-24(21)33-19-7-10-32-11-8-19/h13-14,16-19,29H,2-12,15H2,1H3/t16-,17?,18?/m1/s1. The van der Waals surface area contributed by atoms with E-state index >= 15 is 0 Å². The van der Waals surface area contributed by atoms with Crippen molar-refractivity contribution in [2.45, 2.75) is 69.5 Å². The topological polar surface area (TPSA) is 115 Å². The van der Waals surface area contributed by atoms with Crippen molar-refractivity contribution < 1.29 is 23.0 Å². The molecule has 3 aliphatic rings. The zero-order chi connectivity index (χ0) is 23.7. The number of aliphatic hydroxyl groups excluding tert-OH is 1. The Balaban J connectivity index is 1.43. The first-order valence-corrected chi connectivity index (χ1v) is 14.2. The van der Waals surface area contributed by atoms with Crippen molar-refractivity contribution in [1.29, 1.82) is 0 Å². The number of aliphatic hydroxyl groups is 1. The average Bonchev–Trinajstić information content (AvgIpc) is 3.30. The highest BCUT2D eigenvalue weighted by Gasteiger charge is 2.30. The second-order valence-electron chi connectivity index (χ2n) is 9.98. The Kier molecular flexibility index (Phi) is 7.02. The average molecular weight is 491 g/mol. The number of fused-ring (bicyclic) bond motifs is 1. The van der Waals surface area contributed by atoms with Gasteiger partial charge >= 0.3 is 0 Å². The lowest BCUT2D eigenvalue weighted by atomic mass is 9.82. The number of pyridine rings is 1. The van der Waals surface area contributed by atoms with Gasteiger partial charge in [-0.2, -0.15) is 0 Å². The molecule has 0 bridgehead atoms. The van der Waals surface area contributed by atoms with Crippen LogP contribution in [0.25, 0.3) is 10.9 Å². The van der Waals surface area contributed by atoms with Crippen LogP contribution in [-0.4, -0.2) is 77.5 Å². The Morgan fingerprint density at radius 2 is 1.85 bits per heavy atom. The normalized spacial score (nSPS) is 27.3. The van der Waals surface area contributed by atoms with Crippen LogP contribution in [0.3, 0.4) is 0 Å². The number of aromatic nitrogens is 3. The lowest BCUT2D eigenvalue weighted by molar-refractivity contribution is 0.0244. The van der Waals surface area contributed by atoms with Crippen LogP contribution < -0.4 is 4.74 Å². The van der Waals surface area contributed by atoms with Gasteiger partial charge in [-0.25, -0.2) is 27.7 Å². The number of hydrogen-bond acceptors (Lipinski definition) is 8. The predicted molar refractivity (Wildman–Crippen MR) is 127 cm³/mol. The second-order valence-corrected chi connectivity index (χ2v) is 12.0. The maximum Gasteiger partial charge on any atom is 0.224 e.